The molecule has 1 N–H and O–H groups in total. The summed E-state index contributed by atoms with van der Waals surface area (Å²) in [5.41, 5.74) is 1.93. The van der Waals surface area contributed by atoms with E-state index in [0.717, 1.165) is 5.69 Å². The molecule has 2 rings (SSSR count). The van der Waals surface area contributed by atoms with E-state index >= 15 is 0 Å². The van der Waals surface area contributed by atoms with Crippen molar-refractivity contribution in [3.05, 3.63) is 48.0 Å². The van der Waals surface area contributed by atoms with Crippen molar-refractivity contribution >= 4 is 23.3 Å². The van der Waals surface area contributed by atoms with Gasteiger partial charge in [-0.05, 0) is 49.4 Å². The summed E-state index contributed by atoms with van der Waals surface area (Å²) in [6.45, 7) is 1.88. The Morgan fingerprint density at radius 3 is 2.33 bits per heavy atom. The first kappa shape index (κ1) is 20.1. The highest BCUT2D eigenvalue weighted by molar-refractivity contribution is 5.95. The van der Waals surface area contributed by atoms with Crippen molar-refractivity contribution in [2.45, 2.75) is 6.92 Å². The number of methoxy groups -OCH3 is 1. The molecule has 0 spiro atoms. The lowest BCUT2D eigenvalue weighted by Crippen LogP contribution is -2.21. The van der Waals surface area contributed by atoms with Crippen LogP contribution < -0.4 is 19.7 Å². The summed E-state index contributed by atoms with van der Waals surface area (Å²) in [5, 5.41) is 2.69. The number of carbonyl (C=O) groups is 2. The third-order valence-corrected chi connectivity index (χ3v) is 3.70. The molecule has 2 aromatic rings. The van der Waals surface area contributed by atoms with E-state index in [1.165, 1.54) is 13.2 Å². The molecule has 0 aliphatic carbocycles. The molecule has 7 nitrogen and oxygen atoms in total. The van der Waals surface area contributed by atoms with E-state index in [1.807, 2.05) is 38.1 Å². The fraction of sp³-hybridized carbons (Fsp3) is 0.300. The number of esters is 1. The van der Waals surface area contributed by atoms with E-state index in [1.54, 1.807) is 24.3 Å². The van der Waals surface area contributed by atoms with Gasteiger partial charge in [-0.25, -0.2) is 4.79 Å². The van der Waals surface area contributed by atoms with Gasteiger partial charge in [-0.2, -0.15) is 0 Å². The minimum Gasteiger partial charge on any atom is -0.493 e. The van der Waals surface area contributed by atoms with E-state index in [9.17, 15) is 9.59 Å². The van der Waals surface area contributed by atoms with Crippen LogP contribution in [0.5, 0.6) is 11.5 Å². The Hall–Kier alpha value is -3.22. The SMILES string of the molecule is CCOc1cc(C(=O)OCC(=O)Nc2ccc(N(C)C)cc2)ccc1OC. The van der Waals surface area contributed by atoms with E-state index < -0.39 is 11.9 Å². The third kappa shape index (κ3) is 5.64. The standard InChI is InChI=1S/C20H24N2O5/c1-5-26-18-12-14(6-11-17(18)25-4)20(24)27-13-19(23)21-15-7-9-16(10-8-15)22(2)3/h6-12H,5,13H2,1-4H3,(H,21,23). The fourth-order valence-electron chi connectivity index (χ4n) is 2.33. The van der Waals surface area contributed by atoms with Gasteiger partial charge in [0.05, 0.1) is 19.3 Å². The smallest absolute Gasteiger partial charge is 0.338 e. The van der Waals surface area contributed by atoms with Crippen molar-refractivity contribution in [2.24, 2.45) is 0 Å². The van der Waals surface area contributed by atoms with Gasteiger partial charge < -0.3 is 24.4 Å². The molecule has 0 atom stereocenters. The summed E-state index contributed by atoms with van der Waals surface area (Å²) in [7, 11) is 5.39. The Morgan fingerprint density at radius 1 is 1.04 bits per heavy atom. The van der Waals surface area contributed by atoms with Gasteiger partial charge in [0, 0.05) is 25.5 Å². The highest BCUT2D eigenvalue weighted by Gasteiger charge is 2.14. The summed E-state index contributed by atoms with van der Waals surface area (Å²) in [6.07, 6.45) is 0. The highest BCUT2D eigenvalue weighted by Crippen LogP contribution is 2.28. The molecule has 0 unspecified atom stereocenters. The topological polar surface area (TPSA) is 77.1 Å². The Kier molecular flexibility index (Phi) is 7.05. The number of anilines is 2. The van der Waals surface area contributed by atoms with Gasteiger partial charge in [-0.15, -0.1) is 0 Å². The zero-order valence-corrected chi connectivity index (χ0v) is 15.9. The second kappa shape index (κ2) is 9.47. The lowest BCUT2D eigenvalue weighted by molar-refractivity contribution is -0.119. The van der Waals surface area contributed by atoms with Gasteiger partial charge in [0.1, 0.15) is 0 Å². The van der Waals surface area contributed by atoms with Crippen LogP contribution >= 0.6 is 0 Å². The van der Waals surface area contributed by atoms with Crippen LogP contribution in [-0.4, -0.2) is 46.3 Å². The van der Waals surface area contributed by atoms with Crippen molar-refractivity contribution in [3.8, 4) is 11.5 Å². The minimum absolute atomic E-state index is 0.280. The van der Waals surface area contributed by atoms with Crippen LogP contribution in [0, 0.1) is 0 Å². The number of benzene rings is 2. The van der Waals surface area contributed by atoms with E-state index in [0.29, 0.717) is 23.8 Å². The molecule has 0 heterocycles. The molecule has 0 saturated heterocycles. The number of nitrogens with one attached hydrogen (secondary N) is 1. The lowest BCUT2D eigenvalue weighted by atomic mass is 10.2. The van der Waals surface area contributed by atoms with E-state index in [-0.39, 0.29) is 12.2 Å². The van der Waals surface area contributed by atoms with Crippen LogP contribution in [0.4, 0.5) is 11.4 Å². The molecule has 0 aliphatic heterocycles. The molecule has 0 aromatic heterocycles. The lowest BCUT2D eigenvalue weighted by Gasteiger charge is -2.13. The molecule has 27 heavy (non-hydrogen) atoms. The van der Waals surface area contributed by atoms with Crippen molar-refractivity contribution in [3.63, 3.8) is 0 Å². The van der Waals surface area contributed by atoms with Crippen LogP contribution in [0.1, 0.15) is 17.3 Å². The second-order valence-corrected chi connectivity index (χ2v) is 5.86. The van der Waals surface area contributed by atoms with E-state index in [4.69, 9.17) is 14.2 Å². The Balaban J connectivity index is 1.92. The number of hydrogen-bond acceptors (Lipinski definition) is 6. The first-order valence-electron chi connectivity index (χ1n) is 8.49. The molecular formula is C20H24N2O5. The number of carbonyl (C=O) groups excluding carboxylic acids is 2. The van der Waals surface area contributed by atoms with Gasteiger partial charge >= 0.3 is 5.97 Å². The average molecular weight is 372 g/mol. The van der Waals surface area contributed by atoms with Crippen LogP contribution in [0.3, 0.4) is 0 Å². The molecule has 0 aliphatic rings. The first-order valence-corrected chi connectivity index (χ1v) is 8.49. The molecule has 0 saturated carbocycles. The summed E-state index contributed by atoms with van der Waals surface area (Å²) < 4.78 is 15.7. The maximum Gasteiger partial charge on any atom is 0.338 e. The number of nitrogens with zero attached hydrogens (tertiary/aromatic N) is 1. The van der Waals surface area contributed by atoms with Gasteiger partial charge in [0.15, 0.2) is 18.1 Å². The molecule has 0 radical (unpaired) electrons. The highest BCUT2D eigenvalue weighted by atomic mass is 16.5. The predicted octanol–water partition coefficient (Wildman–Crippen LogP) is 2.96. The Labute approximate surface area is 158 Å². The van der Waals surface area contributed by atoms with Crippen molar-refractivity contribution < 1.29 is 23.8 Å². The maximum absolute atomic E-state index is 12.2. The number of hydrogen-bond donors (Lipinski definition) is 1. The van der Waals surface area contributed by atoms with Crippen LogP contribution in [-0.2, 0) is 9.53 Å². The predicted molar refractivity (Wildman–Crippen MR) is 104 cm³/mol. The molecule has 144 valence electrons. The van der Waals surface area contributed by atoms with Crippen molar-refractivity contribution in [1.82, 2.24) is 0 Å². The number of rotatable bonds is 8. The van der Waals surface area contributed by atoms with Crippen molar-refractivity contribution in [1.29, 1.82) is 0 Å². The molecule has 1 amide bonds. The van der Waals surface area contributed by atoms with Gasteiger partial charge in [0.2, 0.25) is 0 Å². The maximum atomic E-state index is 12.2. The summed E-state index contributed by atoms with van der Waals surface area (Å²) in [5.74, 6) is -0.0663. The third-order valence-electron chi connectivity index (χ3n) is 3.70. The number of ether oxygens (including phenoxy) is 3. The fourth-order valence-corrected chi connectivity index (χ4v) is 2.33. The molecule has 7 heteroatoms. The van der Waals surface area contributed by atoms with Gasteiger partial charge in [-0.3, -0.25) is 4.79 Å². The van der Waals surface area contributed by atoms with E-state index in [2.05, 4.69) is 5.32 Å². The normalized spacial score (nSPS) is 10.1. The largest absolute Gasteiger partial charge is 0.493 e. The molecular weight excluding hydrogens is 348 g/mol. The minimum atomic E-state index is -0.614. The van der Waals surface area contributed by atoms with Crippen LogP contribution in [0.25, 0.3) is 0 Å². The zero-order valence-electron chi connectivity index (χ0n) is 15.9. The monoisotopic (exact) mass is 372 g/mol. The van der Waals surface area contributed by atoms with Crippen LogP contribution in [0.15, 0.2) is 42.5 Å². The molecule has 0 bridgehead atoms. The zero-order chi connectivity index (χ0) is 19.8. The summed E-state index contributed by atoms with van der Waals surface area (Å²) in [6, 6.07) is 12.0. The first-order chi connectivity index (χ1) is 12.9. The molecule has 2 aromatic carbocycles. The second-order valence-electron chi connectivity index (χ2n) is 5.86. The Bertz CT molecular complexity index is 787. The summed E-state index contributed by atoms with van der Waals surface area (Å²) >= 11 is 0. The average Bonchev–Trinajstić information content (AvgIpc) is 2.66. The molecule has 0 fully saturated rings. The van der Waals surface area contributed by atoms with Gasteiger partial charge in [-0.1, -0.05) is 0 Å². The van der Waals surface area contributed by atoms with Crippen LogP contribution in [0.2, 0.25) is 0 Å². The number of amides is 1. The quantitative estimate of drug-likeness (QED) is 0.718. The Morgan fingerprint density at radius 2 is 1.74 bits per heavy atom. The van der Waals surface area contributed by atoms with Gasteiger partial charge in [0.25, 0.3) is 5.91 Å². The summed E-state index contributed by atoms with van der Waals surface area (Å²) in [4.78, 5) is 26.1. The van der Waals surface area contributed by atoms with Crippen molar-refractivity contribution in [2.75, 3.05) is 44.6 Å².